The predicted octanol–water partition coefficient (Wildman–Crippen LogP) is 5.94. The molecule has 0 spiro atoms. The second kappa shape index (κ2) is 14.4. The van der Waals surface area contributed by atoms with Crippen LogP contribution in [-0.2, 0) is 30.2 Å². The number of hydrogen-bond donors (Lipinski definition) is 1. The number of benzene rings is 1. The lowest BCUT2D eigenvalue weighted by Gasteiger charge is -2.29. The number of alkyl carbamates (subject to hydrolysis) is 1. The molecule has 0 aromatic heterocycles. The van der Waals surface area contributed by atoms with Gasteiger partial charge in [-0.1, -0.05) is 12.1 Å². The summed E-state index contributed by atoms with van der Waals surface area (Å²) in [6, 6.07) is 6.24. The number of carbonyl (C=O) groups is 3. The first kappa shape index (κ1) is 33.2. The lowest BCUT2D eigenvalue weighted by Crippen LogP contribution is -2.47. The topological polar surface area (TPSA) is 100 Å². The number of hydrogen-bond acceptors (Lipinski definition) is 7. The summed E-state index contributed by atoms with van der Waals surface area (Å²) in [5.74, 6) is -1.19. The van der Waals surface area contributed by atoms with Gasteiger partial charge in [-0.25, -0.2) is 14.0 Å². The average molecular weight is 539 g/mol. The molecule has 2 atom stereocenters. The van der Waals surface area contributed by atoms with Crippen molar-refractivity contribution < 1.29 is 37.7 Å². The molecular weight excluding hydrogens is 492 g/mol. The van der Waals surface area contributed by atoms with Crippen molar-refractivity contribution in [2.45, 2.75) is 111 Å². The highest BCUT2D eigenvalue weighted by Gasteiger charge is 2.34. The van der Waals surface area contributed by atoms with Crippen molar-refractivity contribution >= 4 is 18.0 Å². The third-order valence-electron chi connectivity index (χ3n) is 4.93. The fourth-order valence-electron chi connectivity index (χ4n) is 3.50. The maximum Gasteiger partial charge on any atom is 0.408 e. The number of alkyl halides is 1. The van der Waals surface area contributed by atoms with Gasteiger partial charge in [-0.2, -0.15) is 0 Å². The van der Waals surface area contributed by atoms with Crippen LogP contribution in [0, 0.1) is 5.92 Å². The van der Waals surface area contributed by atoms with Crippen LogP contribution in [0.4, 0.5) is 9.18 Å². The van der Waals surface area contributed by atoms with Gasteiger partial charge in [0.2, 0.25) is 0 Å². The quantitative estimate of drug-likeness (QED) is 0.260. The second-order valence-corrected chi connectivity index (χ2v) is 12.3. The van der Waals surface area contributed by atoms with Gasteiger partial charge in [-0.15, -0.1) is 0 Å². The van der Waals surface area contributed by atoms with Crippen molar-refractivity contribution in [2.24, 2.45) is 5.92 Å². The summed E-state index contributed by atoms with van der Waals surface area (Å²) >= 11 is 0. The second-order valence-electron chi connectivity index (χ2n) is 12.3. The number of halogens is 1. The van der Waals surface area contributed by atoms with Crippen LogP contribution >= 0.6 is 0 Å². The van der Waals surface area contributed by atoms with E-state index in [0.29, 0.717) is 25.0 Å². The Kier molecular flexibility index (Phi) is 12.5. The standard InChI is InChI=1S/C29H46FNO7/c1-27(2,3)36-24(32)21(12-10-11-20-13-15-22(16-14-20)35-18-17-30)19-23(25(33)37-28(4,5)6)31-26(34)38-29(7,8)9/h13-16,21,23H,10-12,17-19H2,1-9H3,(H,31,34)/t21-,23-/m0/s1/i30-1. The molecular formula is C29H46FNO7. The van der Waals surface area contributed by atoms with Gasteiger partial charge in [0.25, 0.3) is 0 Å². The molecule has 0 saturated carbocycles. The molecule has 0 radical (unpaired) electrons. The monoisotopic (exact) mass is 538 g/mol. The zero-order chi connectivity index (χ0) is 29.1. The Morgan fingerprint density at radius 3 is 1.84 bits per heavy atom. The molecule has 38 heavy (non-hydrogen) atoms. The lowest BCUT2D eigenvalue weighted by molar-refractivity contribution is -0.163. The molecule has 1 rings (SSSR count). The van der Waals surface area contributed by atoms with Crippen LogP contribution in [0.25, 0.3) is 0 Å². The van der Waals surface area contributed by atoms with E-state index in [1.54, 1.807) is 74.4 Å². The number of carbonyl (C=O) groups excluding carboxylic acids is 3. The summed E-state index contributed by atoms with van der Waals surface area (Å²) in [4.78, 5) is 38.7. The Morgan fingerprint density at radius 1 is 0.816 bits per heavy atom. The van der Waals surface area contributed by atoms with Crippen LogP contribution in [0.2, 0.25) is 0 Å². The Hall–Kier alpha value is -2.84. The molecule has 0 bridgehead atoms. The zero-order valence-electron chi connectivity index (χ0n) is 24.4. The van der Waals surface area contributed by atoms with Crippen molar-refractivity contribution in [1.29, 1.82) is 0 Å². The Bertz CT molecular complexity index is 895. The smallest absolute Gasteiger partial charge is 0.408 e. The summed E-state index contributed by atoms with van der Waals surface area (Å²) in [6.45, 7) is 15.1. The van der Waals surface area contributed by atoms with Crippen LogP contribution in [0.1, 0.15) is 87.1 Å². The zero-order valence-corrected chi connectivity index (χ0v) is 24.4. The highest BCUT2D eigenvalue weighted by Crippen LogP contribution is 2.23. The molecule has 216 valence electrons. The van der Waals surface area contributed by atoms with Gasteiger partial charge in [0.15, 0.2) is 0 Å². The summed E-state index contributed by atoms with van der Waals surface area (Å²) in [5.41, 5.74) is -1.24. The normalized spacial score (nSPS) is 13.7. The molecule has 0 aliphatic carbocycles. The van der Waals surface area contributed by atoms with Crippen LogP contribution in [0.3, 0.4) is 0 Å². The van der Waals surface area contributed by atoms with E-state index in [-0.39, 0.29) is 13.0 Å². The highest BCUT2D eigenvalue weighted by atomic mass is 18.2. The summed E-state index contributed by atoms with van der Waals surface area (Å²) < 4.78 is 34.1. The summed E-state index contributed by atoms with van der Waals surface area (Å²) in [5, 5.41) is 2.59. The molecule has 0 fully saturated rings. The number of nitrogens with one attached hydrogen (secondary N) is 1. The fourth-order valence-corrected chi connectivity index (χ4v) is 3.50. The van der Waals surface area contributed by atoms with Crippen LogP contribution in [0.5, 0.6) is 5.75 Å². The van der Waals surface area contributed by atoms with Gasteiger partial charge in [-0.05, 0) is 106 Å². The van der Waals surface area contributed by atoms with Crippen molar-refractivity contribution in [3.63, 3.8) is 0 Å². The van der Waals surface area contributed by atoms with Gasteiger partial charge < -0.3 is 24.3 Å². The average Bonchev–Trinajstić information content (AvgIpc) is 2.73. The first-order valence-electron chi connectivity index (χ1n) is 13.1. The molecule has 0 saturated heterocycles. The Labute approximate surface area is 226 Å². The molecule has 1 aromatic carbocycles. The predicted molar refractivity (Wildman–Crippen MR) is 144 cm³/mol. The van der Waals surface area contributed by atoms with Crippen LogP contribution in [0.15, 0.2) is 24.3 Å². The molecule has 9 heteroatoms. The van der Waals surface area contributed by atoms with Gasteiger partial charge in [0.1, 0.15) is 41.9 Å². The third kappa shape index (κ3) is 14.8. The van der Waals surface area contributed by atoms with E-state index in [0.717, 1.165) is 5.56 Å². The van der Waals surface area contributed by atoms with Crippen LogP contribution < -0.4 is 10.1 Å². The van der Waals surface area contributed by atoms with E-state index < -0.39 is 53.5 Å². The van der Waals surface area contributed by atoms with E-state index in [2.05, 4.69) is 5.32 Å². The summed E-state index contributed by atoms with van der Waals surface area (Å²) in [7, 11) is 0. The largest absolute Gasteiger partial charge is 0.491 e. The van der Waals surface area contributed by atoms with Crippen molar-refractivity contribution in [3.05, 3.63) is 29.8 Å². The van der Waals surface area contributed by atoms with Gasteiger partial charge in [0, 0.05) is 0 Å². The molecule has 1 amide bonds. The number of ether oxygens (including phenoxy) is 4. The van der Waals surface area contributed by atoms with Crippen molar-refractivity contribution in [3.8, 4) is 5.75 Å². The number of amides is 1. The minimum absolute atomic E-state index is 0.000915. The molecule has 1 N–H and O–H groups in total. The number of aryl methyl sites for hydroxylation is 1. The number of rotatable bonds is 12. The van der Waals surface area contributed by atoms with E-state index in [1.807, 2.05) is 12.1 Å². The summed E-state index contributed by atoms with van der Waals surface area (Å²) in [6.07, 6.45) is 0.941. The van der Waals surface area contributed by atoms with Gasteiger partial charge in [0.05, 0.1) is 5.92 Å². The molecule has 8 nitrogen and oxygen atoms in total. The lowest BCUT2D eigenvalue weighted by atomic mass is 9.92. The van der Waals surface area contributed by atoms with E-state index in [9.17, 15) is 18.8 Å². The first-order chi connectivity index (χ1) is 17.4. The molecule has 0 heterocycles. The van der Waals surface area contributed by atoms with Crippen molar-refractivity contribution in [1.82, 2.24) is 5.32 Å². The molecule has 1 aromatic rings. The van der Waals surface area contributed by atoms with E-state index in [4.69, 9.17) is 18.9 Å². The molecule has 0 aliphatic rings. The first-order valence-corrected chi connectivity index (χ1v) is 13.1. The molecule has 0 unspecified atom stereocenters. The van der Waals surface area contributed by atoms with E-state index in [1.165, 1.54) is 0 Å². The fraction of sp³-hybridized carbons (Fsp3) is 0.690. The minimum atomic E-state index is -1.10. The SMILES string of the molecule is CC(C)(C)OC(=O)N[C@@H](C[C@H](CCCc1ccc(OCC[18F])cc1)C(=O)OC(C)(C)C)C(=O)OC(C)(C)C. The van der Waals surface area contributed by atoms with Gasteiger partial charge in [-0.3, -0.25) is 4.79 Å². The number of esters is 2. The Balaban J connectivity index is 3.04. The maximum atomic E-state index is 13.1. The van der Waals surface area contributed by atoms with Crippen LogP contribution in [-0.4, -0.2) is 54.2 Å². The molecule has 0 aliphatic heterocycles. The van der Waals surface area contributed by atoms with Gasteiger partial charge >= 0.3 is 18.0 Å². The minimum Gasteiger partial charge on any atom is -0.491 e. The Morgan fingerprint density at radius 2 is 1.34 bits per heavy atom. The maximum absolute atomic E-state index is 13.1. The highest BCUT2D eigenvalue weighted by molar-refractivity contribution is 5.83. The van der Waals surface area contributed by atoms with E-state index >= 15 is 0 Å². The third-order valence-corrected chi connectivity index (χ3v) is 4.93. The van der Waals surface area contributed by atoms with Crippen molar-refractivity contribution in [2.75, 3.05) is 13.3 Å².